The number of benzene rings is 1. The average Bonchev–Trinajstić information content (AvgIpc) is 2.68. The van der Waals surface area contributed by atoms with Crippen molar-refractivity contribution in [2.45, 2.75) is 12.2 Å². The van der Waals surface area contributed by atoms with E-state index in [9.17, 15) is 0 Å². The molecule has 0 spiro atoms. The maximum absolute atomic E-state index is 4.32. The van der Waals surface area contributed by atoms with Crippen LogP contribution in [0.3, 0.4) is 0 Å². The topological polar surface area (TPSA) is 19.0 Å². The molecule has 0 saturated heterocycles. The summed E-state index contributed by atoms with van der Waals surface area (Å²) in [5, 5.41) is 1.34. The largest absolute Gasteiger partial charge is 0.361 e. The quantitative estimate of drug-likeness (QED) is 0.779. The third-order valence-electron chi connectivity index (χ3n) is 2.84. The summed E-state index contributed by atoms with van der Waals surface area (Å²) < 4.78 is 0. The summed E-state index contributed by atoms with van der Waals surface area (Å²) in [5.41, 5.74) is 3.90. The number of hydrogen-bond acceptors (Lipinski definition) is 2. The third kappa shape index (κ3) is 2.42. The molecule has 0 aliphatic carbocycles. The van der Waals surface area contributed by atoms with Crippen molar-refractivity contribution in [1.29, 1.82) is 0 Å². The lowest BCUT2D eigenvalue weighted by Crippen LogP contribution is -2.14. The molecule has 0 amide bonds. The van der Waals surface area contributed by atoms with Crippen molar-refractivity contribution < 1.29 is 0 Å². The van der Waals surface area contributed by atoms with Crippen LogP contribution >= 0.6 is 12.6 Å². The number of H-pyrrole nitrogens is 1. The van der Waals surface area contributed by atoms with Crippen molar-refractivity contribution in [2.75, 3.05) is 20.6 Å². The molecule has 1 aromatic heterocycles. The molecule has 2 aromatic rings. The van der Waals surface area contributed by atoms with Crippen molar-refractivity contribution in [3.63, 3.8) is 0 Å². The normalized spacial score (nSPS) is 11.5. The van der Waals surface area contributed by atoms with Crippen molar-refractivity contribution >= 4 is 23.5 Å². The lowest BCUT2D eigenvalue weighted by molar-refractivity contribution is 0.414. The average molecular weight is 234 g/mol. The van der Waals surface area contributed by atoms with E-state index in [2.05, 4.69) is 61.0 Å². The van der Waals surface area contributed by atoms with Gasteiger partial charge in [0.2, 0.25) is 0 Å². The van der Waals surface area contributed by atoms with Gasteiger partial charge >= 0.3 is 0 Å². The van der Waals surface area contributed by atoms with Crippen LogP contribution < -0.4 is 0 Å². The Kier molecular flexibility index (Phi) is 3.56. The number of aromatic nitrogens is 1. The van der Waals surface area contributed by atoms with E-state index < -0.39 is 0 Å². The Morgan fingerprint density at radius 2 is 2.12 bits per heavy atom. The standard InChI is InChI=1S/C13H18N2S/c1-15(2)6-5-11-8-14-13-4-3-10(9-16)7-12(11)13/h3-4,7-8,14,16H,5-6,9H2,1-2H3. The van der Waals surface area contributed by atoms with E-state index in [0.29, 0.717) is 0 Å². The number of likely N-dealkylation sites (N-methyl/N-ethyl adjacent to an activating group) is 1. The molecule has 86 valence electrons. The van der Waals surface area contributed by atoms with Crippen molar-refractivity contribution in [3.05, 3.63) is 35.5 Å². The van der Waals surface area contributed by atoms with Crippen LogP contribution in [-0.4, -0.2) is 30.5 Å². The minimum atomic E-state index is 0.800. The Morgan fingerprint density at radius 1 is 1.31 bits per heavy atom. The van der Waals surface area contributed by atoms with Gasteiger partial charge < -0.3 is 9.88 Å². The summed E-state index contributed by atoms with van der Waals surface area (Å²) in [6, 6.07) is 6.51. The molecule has 1 aromatic carbocycles. The highest BCUT2D eigenvalue weighted by Crippen LogP contribution is 2.21. The van der Waals surface area contributed by atoms with Crippen LogP contribution in [0, 0.1) is 0 Å². The highest BCUT2D eigenvalue weighted by Gasteiger charge is 2.04. The van der Waals surface area contributed by atoms with Crippen LogP contribution in [0.2, 0.25) is 0 Å². The highest BCUT2D eigenvalue weighted by atomic mass is 32.1. The van der Waals surface area contributed by atoms with Crippen LogP contribution in [0.1, 0.15) is 11.1 Å². The predicted octanol–water partition coefficient (Wildman–Crippen LogP) is 2.70. The zero-order chi connectivity index (χ0) is 11.5. The number of fused-ring (bicyclic) bond motifs is 1. The minimum absolute atomic E-state index is 0.800. The van der Waals surface area contributed by atoms with Gasteiger partial charge in [0, 0.05) is 29.4 Å². The van der Waals surface area contributed by atoms with Gasteiger partial charge in [-0.25, -0.2) is 0 Å². The van der Waals surface area contributed by atoms with Crippen molar-refractivity contribution in [2.24, 2.45) is 0 Å². The molecule has 2 nitrogen and oxygen atoms in total. The summed E-state index contributed by atoms with van der Waals surface area (Å²) >= 11 is 4.32. The van der Waals surface area contributed by atoms with Crippen LogP contribution in [0.4, 0.5) is 0 Å². The highest BCUT2D eigenvalue weighted by molar-refractivity contribution is 7.79. The maximum atomic E-state index is 4.32. The van der Waals surface area contributed by atoms with E-state index in [1.165, 1.54) is 22.0 Å². The molecule has 1 heterocycles. The van der Waals surface area contributed by atoms with Gasteiger partial charge in [-0.15, -0.1) is 0 Å². The zero-order valence-corrected chi connectivity index (χ0v) is 10.7. The molecule has 0 unspecified atom stereocenters. The van der Waals surface area contributed by atoms with Crippen LogP contribution in [0.5, 0.6) is 0 Å². The first-order chi connectivity index (χ1) is 7.70. The van der Waals surface area contributed by atoms with Gasteiger partial charge in [-0.05, 0) is 43.8 Å². The first-order valence-electron chi connectivity index (χ1n) is 5.55. The summed E-state index contributed by atoms with van der Waals surface area (Å²) in [6.07, 6.45) is 3.21. The SMILES string of the molecule is CN(C)CCc1c[nH]c2ccc(CS)cc12. The van der Waals surface area contributed by atoms with Crippen LogP contribution in [0.15, 0.2) is 24.4 Å². The van der Waals surface area contributed by atoms with Crippen molar-refractivity contribution in [3.8, 4) is 0 Å². The number of hydrogen-bond donors (Lipinski definition) is 2. The fourth-order valence-electron chi connectivity index (χ4n) is 1.87. The van der Waals surface area contributed by atoms with E-state index >= 15 is 0 Å². The van der Waals surface area contributed by atoms with Gasteiger partial charge in [0.05, 0.1) is 0 Å². The van der Waals surface area contributed by atoms with Gasteiger partial charge in [-0.3, -0.25) is 0 Å². The smallest absolute Gasteiger partial charge is 0.0457 e. The Labute approximate surface area is 102 Å². The lowest BCUT2D eigenvalue weighted by atomic mass is 10.1. The van der Waals surface area contributed by atoms with E-state index in [0.717, 1.165) is 18.7 Å². The second-order valence-electron chi connectivity index (χ2n) is 4.41. The molecule has 0 radical (unpaired) electrons. The van der Waals surface area contributed by atoms with Crippen LogP contribution in [0.25, 0.3) is 10.9 Å². The number of aromatic amines is 1. The fourth-order valence-corrected chi connectivity index (χ4v) is 2.07. The monoisotopic (exact) mass is 234 g/mol. The van der Waals surface area contributed by atoms with E-state index in [1.807, 2.05) is 0 Å². The Morgan fingerprint density at radius 3 is 2.81 bits per heavy atom. The Balaban J connectivity index is 2.30. The van der Waals surface area contributed by atoms with Crippen LogP contribution in [-0.2, 0) is 12.2 Å². The summed E-state index contributed by atoms with van der Waals surface area (Å²) in [5.74, 6) is 0.800. The van der Waals surface area contributed by atoms with Gasteiger partial charge in [0.1, 0.15) is 0 Å². The molecule has 16 heavy (non-hydrogen) atoms. The van der Waals surface area contributed by atoms with Gasteiger partial charge in [0.15, 0.2) is 0 Å². The number of thiol groups is 1. The number of nitrogens with zero attached hydrogens (tertiary/aromatic N) is 1. The fraction of sp³-hybridized carbons (Fsp3) is 0.385. The minimum Gasteiger partial charge on any atom is -0.361 e. The van der Waals surface area contributed by atoms with E-state index in [1.54, 1.807) is 0 Å². The Bertz CT molecular complexity index is 474. The maximum Gasteiger partial charge on any atom is 0.0457 e. The Hall–Kier alpha value is -0.930. The van der Waals surface area contributed by atoms with Gasteiger partial charge in [-0.2, -0.15) is 12.6 Å². The van der Waals surface area contributed by atoms with E-state index in [-0.39, 0.29) is 0 Å². The molecule has 0 bridgehead atoms. The second kappa shape index (κ2) is 4.93. The molecule has 0 saturated carbocycles. The van der Waals surface area contributed by atoms with E-state index in [4.69, 9.17) is 0 Å². The number of nitrogens with one attached hydrogen (secondary N) is 1. The molecule has 0 aliphatic heterocycles. The predicted molar refractivity (Wildman–Crippen MR) is 73.2 cm³/mol. The molecule has 0 fully saturated rings. The third-order valence-corrected chi connectivity index (χ3v) is 3.21. The summed E-state index contributed by atoms with van der Waals surface area (Å²) in [6.45, 7) is 1.08. The van der Waals surface area contributed by atoms with Crippen molar-refractivity contribution in [1.82, 2.24) is 9.88 Å². The molecule has 3 heteroatoms. The first kappa shape index (κ1) is 11.6. The zero-order valence-electron chi connectivity index (χ0n) is 9.83. The molecule has 1 N–H and O–H groups in total. The lowest BCUT2D eigenvalue weighted by Gasteiger charge is -2.08. The number of rotatable bonds is 4. The molecular formula is C13H18N2S. The summed E-state index contributed by atoms with van der Waals surface area (Å²) in [7, 11) is 4.21. The molecular weight excluding hydrogens is 216 g/mol. The van der Waals surface area contributed by atoms with Gasteiger partial charge in [-0.1, -0.05) is 6.07 Å². The first-order valence-corrected chi connectivity index (χ1v) is 6.18. The molecule has 2 rings (SSSR count). The second-order valence-corrected chi connectivity index (χ2v) is 4.72. The van der Waals surface area contributed by atoms with Gasteiger partial charge in [0.25, 0.3) is 0 Å². The summed E-state index contributed by atoms with van der Waals surface area (Å²) in [4.78, 5) is 5.53. The molecule has 0 atom stereocenters. The molecule has 0 aliphatic rings.